The summed E-state index contributed by atoms with van der Waals surface area (Å²) < 4.78 is 60.5. The van der Waals surface area contributed by atoms with Crippen molar-refractivity contribution in [1.29, 1.82) is 0 Å². The lowest BCUT2D eigenvalue weighted by Gasteiger charge is -2.25. The third kappa shape index (κ3) is 4.72. The summed E-state index contributed by atoms with van der Waals surface area (Å²) >= 11 is 0. The molecule has 0 saturated heterocycles. The van der Waals surface area contributed by atoms with E-state index in [0.717, 1.165) is 24.3 Å². The lowest BCUT2D eigenvalue weighted by atomic mass is 10.1. The standard InChI is InChI=1S/C14H18F3NO3S/c1-4-22(20,21)9-10(2)18(3)13(19)11-5-7-12(8-6-11)14(15,16)17/h5-8,10H,4,9H2,1-3H3. The van der Waals surface area contributed by atoms with Crippen LogP contribution in [0, 0.1) is 0 Å². The average molecular weight is 337 g/mol. The molecule has 0 spiro atoms. The molecule has 0 aliphatic carbocycles. The molecule has 0 aliphatic heterocycles. The molecule has 0 heterocycles. The Morgan fingerprint density at radius 2 is 1.73 bits per heavy atom. The fraction of sp³-hybridized carbons (Fsp3) is 0.500. The minimum absolute atomic E-state index is 0.0281. The first-order valence-electron chi connectivity index (χ1n) is 6.62. The molecule has 0 aliphatic rings. The second-order valence-electron chi connectivity index (χ2n) is 5.04. The number of carbonyl (C=O) groups excluding carboxylic acids is 1. The zero-order chi connectivity index (χ0) is 17.1. The number of carbonyl (C=O) groups is 1. The van der Waals surface area contributed by atoms with Gasteiger partial charge in [0.1, 0.15) is 0 Å². The maximum Gasteiger partial charge on any atom is 0.416 e. The van der Waals surface area contributed by atoms with Gasteiger partial charge in [0.05, 0.1) is 11.3 Å². The zero-order valence-corrected chi connectivity index (χ0v) is 13.3. The first-order chi connectivity index (χ1) is 9.98. The Bertz CT molecular complexity index is 624. The highest BCUT2D eigenvalue weighted by molar-refractivity contribution is 7.91. The molecule has 4 nitrogen and oxygen atoms in total. The Kier molecular flexibility index (Phi) is 5.61. The van der Waals surface area contributed by atoms with Crippen molar-refractivity contribution in [2.75, 3.05) is 18.6 Å². The van der Waals surface area contributed by atoms with E-state index in [0.29, 0.717) is 0 Å². The van der Waals surface area contributed by atoms with E-state index in [1.54, 1.807) is 6.92 Å². The highest BCUT2D eigenvalue weighted by Crippen LogP contribution is 2.29. The van der Waals surface area contributed by atoms with Crippen LogP contribution < -0.4 is 0 Å². The Balaban J connectivity index is 2.87. The molecule has 22 heavy (non-hydrogen) atoms. The monoisotopic (exact) mass is 337 g/mol. The Morgan fingerprint density at radius 3 is 2.14 bits per heavy atom. The van der Waals surface area contributed by atoms with Crippen LogP contribution in [0.5, 0.6) is 0 Å². The summed E-state index contributed by atoms with van der Waals surface area (Å²) in [5.74, 6) is -0.737. The summed E-state index contributed by atoms with van der Waals surface area (Å²) in [6.07, 6.45) is -4.46. The molecule has 1 aromatic rings. The lowest BCUT2D eigenvalue weighted by molar-refractivity contribution is -0.137. The Labute approximate surface area is 127 Å². The summed E-state index contributed by atoms with van der Waals surface area (Å²) in [7, 11) is -1.82. The van der Waals surface area contributed by atoms with Crippen molar-refractivity contribution in [3.8, 4) is 0 Å². The van der Waals surface area contributed by atoms with E-state index in [1.165, 1.54) is 18.9 Å². The molecular formula is C14H18F3NO3S. The molecule has 0 radical (unpaired) electrons. The quantitative estimate of drug-likeness (QED) is 0.830. The number of sulfone groups is 1. The van der Waals surface area contributed by atoms with E-state index in [2.05, 4.69) is 0 Å². The molecule has 1 aromatic carbocycles. The SMILES string of the molecule is CCS(=O)(=O)CC(C)N(C)C(=O)c1ccc(C(F)(F)F)cc1. The van der Waals surface area contributed by atoms with Crippen LogP contribution in [0.1, 0.15) is 29.8 Å². The van der Waals surface area contributed by atoms with E-state index < -0.39 is 33.5 Å². The number of benzene rings is 1. The van der Waals surface area contributed by atoms with Crippen molar-refractivity contribution in [3.05, 3.63) is 35.4 Å². The lowest BCUT2D eigenvalue weighted by Crippen LogP contribution is -2.39. The van der Waals surface area contributed by atoms with Gasteiger partial charge in [-0.2, -0.15) is 13.2 Å². The summed E-state index contributed by atoms with van der Waals surface area (Å²) in [6.45, 7) is 3.09. The van der Waals surface area contributed by atoms with Crippen molar-refractivity contribution in [2.24, 2.45) is 0 Å². The van der Waals surface area contributed by atoms with Crippen LogP contribution in [-0.4, -0.2) is 43.8 Å². The number of halogens is 3. The molecule has 1 rings (SSSR count). The van der Waals surface area contributed by atoms with Gasteiger partial charge in [-0.3, -0.25) is 4.79 Å². The predicted molar refractivity (Wildman–Crippen MR) is 77.3 cm³/mol. The maximum atomic E-state index is 12.5. The Hall–Kier alpha value is -1.57. The highest BCUT2D eigenvalue weighted by atomic mass is 32.2. The van der Waals surface area contributed by atoms with Crippen molar-refractivity contribution in [2.45, 2.75) is 26.1 Å². The van der Waals surface area contributed by atoms with Gasteiger partial charge < -0.3 is 4.90 Å². The minimum Gasteiger partial charge on any atom is -0.338 e. The average Bonchev–Trinajstić information content (AvgIpc) is 2.44. The van der Waals surface area contributed by atoms with Crippen LogP contribution in [-0.2, 0) is 16.0 Å². The van der Waals surface area contributed by atoms with Gasteiger partial charge in [0.25, 0.3) is 5.91 Å². The van der Waals surface area contributed by atoms with Crippen molar-refractivity contribution in [3.63, 3.8) is 0 Å². The van der Waals surface area contributed by atoms with E-state index in [-0.39, 0.29) is 17.1 Å². The first-order valence-corrected chi connectivity index (χ1v) is 8.45. The van der Waals surface area contributed by atoms with E-state index in [4.69, 9.17) is 0 Å². The summed E-state index contributed by atoms with van der Waals surface area (Å²) in [5.41, 5.74) is -0.760. The minimum atomic E-state index is -4.46. The topological polar surface area (TPSA) is 54.5 Å². The number of amides is 1. The van der Waals surface area contributed by atoms with Crippen LogP contribution in [0.4, 0.5) is 13.2 Å². The van der Waals surface area contributed by atoms with Gasteiger partial charge >= 0.3 is 6.18 Å². The van der Waals surface area contributed by atoms with Gasteiger partial charge in [-0.15, -0.1) is 0 Å². The normalized spacial score (nSPS) is 13.7. The van der Waals surface area contributed by atoms with Crippen LogP contribution >= 0.6 is 0 Å². The molecule has 1 atom stereocenters. The van der Waals surface area contributed by atoms with Crippen LogP contribution in [0.25, 0.3) is 0 Å². The second kappa shape index (κ2) is 6.68. The highest BCUT2D eigenvalue weighted by Gasteiger charge is 2.30. The third-order valence-electron chi connectivity index (χ3n) is 3.38. The maximum absolute atomic E-state index is 12.5. The predicted octanol–water partition coefficient (Wildman–Crippen LogP) is 2.60. The van der Waals surface area contributed by atoms with E-state index >= 15 is 0 Å². The fourth-order valence-electron chi connectivity index (χ4n) is 1.80. The molecule has 0 fully saturated rings. The molecular weight excluding hydrogens is 319 g/mol. The summed E-state index contributed by atoms with van der Waals surface area (Å²) in [4.78, 5) is 13.4. The van der Waals surface area contributed by atoms with Crippen LogP contribution in [0.15, 0.2) is 24.3 Å². The van der Waals surface area contributed by atoms with Gasteiger partial charge in [0, 0.05) is 24.4 Å². The molecule has 124 valence electrons. The third-order valence-corrected chi connectivity index (χ3v) is 5.25. The number of hydrogen-bond donors (Lipinski definition) is 0. The van der Waals surface area contributed by atoms with E-state index in [1.807, 2.05) is 0 Å². The smallest absolute Gasteiger partial charge is 0.338 e. The Morgan fingerprint density at radius 1 is 1.23 bits per heavy atom. The molecule has 1 amide bonds. The number of alkyl halides is 3. The van der Waals surface area contributed by atoms with Crippen molar-refractivity contribution < 1.29 is 26.4 Å². The molecule has 0 saturated carbocycles. The first kappa shape index (κ1) is 18.5. The van der Waals surface area contributed by atoms with Gasteiger partial charge in [-0.25, -0.2) is 8.42 Å². The molecule has 0 aromatic heterocycles. The van der Waals surface area contributed by atoms with Crippen molar-refractivity contribution >= 4 is 15.7 Å². The van der Waals surface area contributed by atoms with Gasteiger partial charge in [0.2, 0.25) is 0 Å². The van der Waals surface area contributed by atoms with E-state index in [9.17, 15) is 26.4 Å². The molecule has 0 N–H and O–H groups in total. The molecule has 8 heteroatoms. The number of hydrogen-bond acceptors (Lipinski definition) is 3. The zero-order valence-electron chi connectivity index (χ0n) is 12.5. The van der Waals surface area contributed by atoms with Gasteiger partial charge in [-0.05, 0) is 31.2 Å². The second-order valence-corrected chi connectivity index (χ2v) is 7.44. The van der Waals surface area contributed by atoms with Gasteiger partial charge in [0.15, 0.2) is 9.84 Å². The largest absolute Gasteiger partial charge is 0.416 e. The molecule has 1 unspecified atom stereocenters. The van der Waals surface area contributed by atoms with Gasteiger partial charge in [-0.1, -0.05) is 6.92 Å². The fourth-order valence-corrected chi connectivity index (χ4v) is 3.00. The summed E-state index contributed by atoms with van der Waals surface area (Å²) in [6, 6.07) is 3.26. The number of nitrogens with zero attached hydrogens (tertiary/aromatic N) is 1. The van der Waals surface area contributed by atoms with Crippen LogP contribution in [0.2, 0.25) is 0 Å². The number of rotatable bonds is 5. The van der Waals surface area contributed by atoms with Crippen molar-refractivity contribution in [1.82, 2.24) is 4.90 Å². The van der Waals surface area contributed by atoms with Crippen LogP contribution in [0.3, 0.4) is 0 Å². The summed E-state index contributed by atoms with van der Waals surface area (Å²) in [5, 5.41) is 0. The molecule has 0 bridgehead atoms.